The Balaban J connectivity index is 2.17. The maximum Gasteiger partial charge on any atom is 0.156 e. The van der Waals surface area contributed by atoms with E-state index in [-0.39, 0.29) is 0 Å². The molecule has 0 aliphatic heterocycles. The monoisotopic (exact) mass is 286 g/mol. The fraction of sp³-hybridized carbons (Fsp3) is 0.214. The number of nitriles is 1. The molecule has 3 aromatic rings. The summed E-state index contributed by atoms with van der Waals surface area (Å²) in [5.41, 5.74) is 2.17. The van der Waals surface area contributed by atoms with Crippen LogP contribution in [0.2, 0.25) is 0 Å². The number of rotatable bonds is 4. The van der Waals surface area contributed by atoms with E-state index in [1.807, 2.05) is 22.8 Å². The Morgan fingerprint density at radius 1 is 1.35 bits per heavy atom. The van der Waals surface area contributed by atoms with Crippen molar-refractivity contribution in [2.24, 2.45) is 0 Å². The minimum absolute atomic E-state index is 0.474. The van der Waals surface area contributed by atoms with Crippen LogP contribution in [0.3, 0.4) is 0 Å². The molecule has 0 radical (unpaired) electrons. The molecule has 0 unspecified atom stereocenters. The van der Waals surface area contributed by atoms with Crippen molar-refractivity contribution in [3.63, 3.8) is 0 Å². The molecule has 0 saturated carbocycles. The zero-order chi connectivity index (χ0) is 13.9. The molecule has 0 spiro atoms. The molecule has 20 heavy (non-hydrogen) atoms. The van der Waals surface area contributed by atoms with E-state index in [1.54, 1.807) is 12.3 Å². The predicted octanol–water partition coefficient (Wildman–Crippen LogP) is 2.73. The Bertz CT molecular complexity index is 770. The van der Waals surface area contributed by atoms with Crippen molar-refractivity contribution < 1.29 is 4.52 Å². The standard InChI is InChI=1S/C14H11ClN4O/c15-6-4-13-18-14-10(8-16)2-1-3-12(14)19(13)9-11-5-7-17-20-11/h1-3,5,7H,4,6,9H2. The molecule has 0 saturated heterocycles. The molecule has 2 heterocycles. The first-order chi connectivity index (χ1) is 9.83. The first kappa shape index (κ1) is 12.7. The van der Waals surface area contributed by atoms with Crippen LogP contribution < -0.4 is 0 Å². The van der Waals surface area contributed by atoms with Gasteiger partial charge in [0, 0.05) is 18.4 Å². The molecule has 0 bridgehead atoms. The third kappa shape index (κ3) is 2.15. The van der Waals surface area contributed by atoms with Crippen molar-refractivity contribution in [3.05, 3.63) is 47.6 Å². The second-order valence-corrected chi connectivity index (χ2v) is 4.69. The molecule has 100 valence electrons. The highest BCUT2D eigenvalue weighted by atomic mass is 35.5. The first-order valence-corrected chi connectivity index (χ1v) is 6.70. The van der Waals surface area contributed by atoms with E-state index < -0.39 is 0 Å². The Labute approximate surface area is 120 Å². The molecule has 0 atom stereocenters. The second kappa shape index (κ2) is 5.35. The third-order valence-corrected chi connectivity index (χ3v) is 3.29. The summed E-state index contributed by atoms with van der Waals surface area (Å²) in [5, 5.41) is 12.9. The number of para-hydroxylation sites is 1. The number of hydrogen-bond donors (Lipinski definition) is 0. The van der Waals surface area contributed by atoms with Crippen molar-refractivity contribution in [3.8, 4) is 6.07 Å². The highest BCUT2D eigenvalue weighted by molar-refractivity contribution is 6.17. The van der Waals surface area contributed by atoms with Gasteiger partial charge < -0.3 is 9.09 Å². The smallest absolute Gasteiger partial charge is 0.156 e. The van der Waals surface area contributed by atoms with E-state index in [2.05, 4.69) is 16.2 Å². The summed E-state index contributed by atoms with van der Waals surface area (Å²) in [4.78, 5) is 4.55. The number of aromatic nitrogens is 3. The van der Waals surface area contributed by atoms with Gasteiger partial charge in [-0.15, -0.1) is 11.6 Å². The van der Waals surface area contributed by atoms with Crippen LogP contribution >= 0.6 is 11.6 Å². The molecular weight excluding hydrogens is 276 g/mol. The highest BCUT2D eigenvalue weighted by Gasteiger charge is 2.14. The average Bonchev–Trinajstić information content (AvgIpc) is 3.08. The van der Waals surface area contributed by atoms with Crippen LogP contribution in [0, 0.1) is 11.3 Å². The van der Waals surface area contributed by atoms with Gasteiger partial charge in [0.05, 0.1) is 23.8 Å². The van der Waals surface area contributed by atoms with E-state index in [9.17, 15) is 0 Å². The molecule has 2 aromatic heterocycles. The second-order valence-electron chi connectivity index (χ2n) is 4.32. The topological polar surface area (TPSA) is 67.6 Å². The number of fused-ring (bicyclic) bond motifs is 1. The molecule has 0 N–H and O–H groups in total. The van der Waals surface area contributed by atoms with E-state index in [0.29, 0.717) is 29.9 Å². The van der Waals surface area contributed by atoms with Crippen molar-refractivity contribution in [1.29, 1.82) is 5.26 Å². The van der Waals surface area contributed by atoms with Crippen LogP contribution in [0.25, 0.3) is 11.0 Å². The number of imidazole rings is 1. The Morgan fingerprint density at radius 2 is 2.25 bits per heavy atom. The normalized spacial score (nSPS) is 10.8. The average molecular weight is 287 g/mol. The van der Waals surface area contributed by atoms with Gasteiger partial charge in [0.1, 0.15) is 17.4 Å². The first-order valence-electron chi connectivity index (χ1n) is 6.17. The summed E-state index contributed by atoms with van der Waals surface area (Å²) in [5.74, 6) is 2.05. The summed E-state index contributed by atoms with van der Waals surface area (Å²) in [6.07, 6.45) is 2.24. The molecule has 6 heteroatoms. The maximum atomic E-state index is 9.17. The van der Waals surface area contributed by atoms with Gasteiger partial charge in [-0.1, -0.05) is 11.2 Å². The van der Waals surface area contributed by atoms with Crippen molar-refractivity contribution >= 4 is 22.6 Å². The lowest BCUT2D eigenvalue weighted by Gasteiger charge is -2.05. The van der Waals surface area contributed by atoms with Gasteiger partial charge in [-0.25, -0.2) is 4.98 Å². The summed E-state index contributed by atoms with van der Waals surface area (Å²) in [6.45, 7) is 0.525. The summed E-state index contributed by atoms with van der Waals surface area (Å²) < 4.78 is 7.16. The number of aryl methyl sites for hydroxylation is 1. The zero-order valence-corrected chi connectivity index (χ0v) is 11.3. The van der Waals surface area contributed by atoms with Gasteiger partial charge in [0.2, 0.25) is 0 Å². The molecule has 3 rings (SSSR count). The van der Waals surface area contributed by atoms with E-state index >= 15 is 0 Å². The lowest BCUT2D eigenvalue weighted by atomic mass is 10.2. The van der Waals surface area contributed by atoms with Gasteiger partial charge in [-0.05, 0) is 12.1 Å². The van der Waals surface area contributed by atoms with E-state index in [0.717, 1.165) is 17.1 Å². The van der Waals surface area contributed by atoms with Crippen LogP contribution in [0.15, 0.2) is 35.0 Å². The largest absolute Gasteiger partial charge is 0.359 e. The molecule has 0 aliphatic rings. The number of hydrogen-bond acceptors (Lipinski definition) is 4. The molecule has 1 aromatic carbocycles. The number of benzene rings is 1. The van der Waals surface area contributed by atoms with Crippen molar-refractivity contribution in [2.75, 3.05) is 5.88 Å². The SMILES string of the molecule is N#Cc1cccc2c1nc(CCCl)n2Cc1ccno1. The van der Waals surface area contributed by atoms with Crippen molar-refractivity contribution in [2.45, 2.75) is 13.0 Å². The summed E-state index contributed by atoms with van der Waals surface area (Å²) >= 11 is 5.84. The minimum Gasteiger partial charge on any atom is -0.359 e. The number of alkyl halides is 1. The van der Waals surface area contributed by atoms with Gasteiger partial charge >= 0.3 is 0 Å². The van der Waals surface area contributed by atoms with Gasteiger partial charge in [-0.3, -0.25) is 0 Å². The number of halogens is 1. The lowest BCUT2D eigenvalue weighted by Crippen LogP contribution is -2.05. The van der Waals surface area contributed by atoms with E-state index in [4.69, 9.17) is 21.4 Å². The minimum atomic E-state index is 0.474. The van der Waals surface area contributed by atoms with Gasteiger partial charge in [0.15, 0.2) is 5.76 Å². The molecular formula is C14H11ClN4O. The fourth-order valence-electron chi connectivity index (χ4n) is 2.22. The quantitative estimate of drug-likeness (QED) is 0.692. The summed E-state index contributed by atoms with van der Waals surface area (Å²) in [7, 11) is 0. The highest BCUT2D eigenvalue weighted by Crippen LogP contribution is 2.21. The van der Waals surface area contributed by atoms with Crippen LogP contribution in [0.4, 0.5) is 0 Å². The predicted molar refractivity (Wildman–Crippen MR) is 74.5 cm³/mol. The fourth-order valence-corrected chi connectivity index (χ4v) is 2.39. The Kier molecular flexibility index (Phi) is 3.40. The maximum absolute atomic E-state index is 9.17. The Morgan fingerprint density at radius 3 is 2.95 bits per heavy atom. The molecule has 0 aliphatic carbocycles. The lowest BCUT2D eigenvalue weighted by molar-refractivity contribution is 0.376. The van der Waals surface area contributed by atoms with Gasteiger partial charge in [0.25, 0.3) is 0 Å². The van der Waals surface area contributed by atoms with Gasteiger partial charge in [-0.2, -0.15) is 5.26 Å². The van der Waals surface area contributed by atoms with Crippen LogP contribution in [0.1, 0.15) is 17.1 Å². The number of nitrogens with zero attached hydrogens (tertiary/aromatic N) is 4. The zero-order valence-electron chi connectivity index (χ0n) is 10.6. The summed E-state index contributed by atoms with van der Waals surface area (Å²) in [6, 6.07) is 9.53. The van der Waals surface area contributed by atoms with Crippen LogP contribution in [-0.4, -0.2) is 20.6 Å². The Hall–Kier alpha value is -2.32. The van der Waals surface area contributed by atoms with Crippen LogP contribution in [-0.2, 0) is 13.0 Å². The van der Waals surface area contributed by atoms with Crippen LogP contribution in [0.5, 0.6) is 0 Å². The van der Waals surface area contributed by atoms with Crippen molar-refractivity contribution in [1.82, 2.24) is 14.7 Å². The molecule has 0 amide bonds. The van der Waals surface area contributed by atoms with E-state index in [1.165, 1.54) is 0 Å². The molecule has 5 nitrogen and oxygen atoms in total. The third-order valence-electron chi connectivity index (χ3n) is 3.10. The molecule has 0 fully saturated rings.